The zero-order valence-electron chi connectivity index (χ0n) is 22.8. The van der Waals surface area contributed by atoms with Crippen LogP contribution in [0.4, 0.5) is 18.9 Å². The highest BCUT2D eigenvalue weighted by Crippen LogP contribution is 2.42. The number of carbonyl (C=O) groups is 1. The molecule has 2 aromatic carbocycles. The second-order valence-corrected chi connectivity index (χ2v) is 16.3. The normalized spacial score (nSPS) is 15.2. The number of aromatic nitrogens is 2. The molecule has 0 saturated heterocycles. The summed E-state index contributed by atoms with van der Waals surface area (Å²) in [4.78, 5) is 26.5. The quantitative estimate of drug-likeness (QED) is 0.179. The van der Waals surface area contributed by atoms with Gasteiger partial charge in [0.25, 0.3) is 5.56 Å². The average molecular weight is 576 g/mol. The Morgan fingerprint density at radius 1 is 1.12 bits per heavy atom. The number of alkyl halides is 3. The molecule has 0 saturated carbocycles. The summed E-state index contributed by atoms with van der Waals surface area (Å²) in [5, 5.41) is 4.04. The molecule has 40 heavy (non-hydrogen) atoms. The Morgan fingerprint density at radius 3 is 2.58 bits per heavy atom. The fraction of sp³-hybridized carbons (Fsp3) is 0.393. The lowest BCUT2D eigenvalue weighted by Crippen LogP contribution is -2.36. The third-order valence-corrected chi connectivity index (χ3v) is 8.32. The molecule has 1 atom stereocenters. The van der Waals surface area contributed by atoms with Crippen LogP contribution in [0.3, 0.4) is 0 Å². The molecule has 1 unspecified atom stereocenters. The van der Waals surface area contributed by atoms with Crippen molar-refractivity contribution in [2.75, 3.05) is 25.2 Å². The molecule has 0 aliphatic carbocycles. The minimum atomic E-state index is -4.93. The van der Waals surface area contributed by atoms with Gasteiger partial charge in [-0.15, -0.1) is 0 Å². The van der Waals surface area contributed by atoms with Gasteiger partial charge in [-0.05, 0) is 35.4 Å². The number of benzene rings is 2. The summed E-state index contributed by atoms with van der Waals surface area (Å²) in [5.41, 5.74) is -1.03. The predicted octanol–water partition coefficient (Wildman–Crippen LogP) is 5.50. The lowest BCUT2D eigenvalue weighted by atomic mass is 10.1. The van der Waals surface area contributed by atoms with Crippen LogP contribution in [0.2, 0.25) is 25.7 Å². The number of anilines is 1. The van der Waals surface area contributed by atoms with E-state index in [2.05, 4.69) is 24.7 Å². The molecular weight excluding hydrogens is 543 g/mol. The molecule has 2 heterocycles. The summed E-state index contributed by atoms with van der Waals surface area (Å²) in [5.74, 6) is -0.184. The van der Waals surface area contributed by atoms with Gasteiger partial charge in [-0.3, -0.25) is 4.79 Å². The number of esters is 1. The van der Waals surface area contributed by atoms with Crippen LogP contribution < -0.4 is 15.2 Å². The van der Waals surface area contributed by atoms with Crippen LogP contribution in [0.5, 0.6) is 5.75 Å². The third kappa shape index (κ3) is 6.73. The highest BCUT2D eigenvalue weighted by atomic mass is 28.3. The molecule has 8 nitrogen and oxygen atoms in total. The number of rotatable bonds is 10. The monoisotopic (exact) mass is 575 g/mol. The highest BCUT2D eigenvalue weighted by Gasteiger charge is 2.42. The van der Waals surface area contributed by atoms with E-state index in [-0.39, 0.29) is 31.1 Å². The number of hydrogen-bond donors (Lipinski definition) is 0. The summed E-state index contributed by atoms with van der Waals surface area (Å²) < 4.78 is 60.0. The van der Waals surface area contributed by atoms with Crippen LogP contribution in [0.25, 0.3) is 0 Å². The Labute approximate surface area is 231 Å². The van der Waals surface area contributed by atoms with Gasteiger partial charge in [-0.2, -0.15) is 18.3 Å². The van der Waals surface area contributed by atoms with Gasteiger partial charge in [0, 0.05) is 21.2 Å². The zero-order valence-corrected chi connectivity index (χ0v) is 23.8. The van der Waals surface area contributed by atoms with E-state index in [0.29, 0.717) is 17.0 Å². The van der Waals surface area contributed by atoms with Crippen LogP contribution in [0, 0.1) is 0 Å². The van der Waals surface area contributed by atoms with E-state index in [1.807, 2.05) is 12.1 Å². The first-order valence-corrected chi connectivity index (χ1v) is 16.5. The highest BCUT2D eigenvalue weighted by molar-refractivity contribution is 6.76. The van der Waals surface area contributed by atoms with Crippen molar-refractivity contribution >= 4 is 19.7 Å². The first-order valence-electron chi connectivity index (χ1n) is 12.8. The van der Waals surface area contributed by atoms with Crippen molar-refractivity contribution in [3.63, 3.8) is 0 Å². The second-order valence-electron chi connectivity index (χ2n) is 10.7. The molecule has 0 N–H and O–H groups in total. The van der Waals surface area contributed by atoms with E-state index in [0.717, 1.165) is 23.4 Å². The molecule has 214 valence electrons. The number of methoxy groups -OCH3 is 1. The minimum absolute atomic E-state index is 0.0399. The molecular formula is C28H32F3N3O5Si. The maximum absolute atomic E-state index is 14.4. The maximum Gasteiger partial charge on any atom is 0.423 e. The fourth-order valence-electron chi connectivity index (χ4n) is 4.49. The topological polar surface area (TPSA) is 82.9 Å². The molecule has 1 aromatic heterocycles. The predicted molar refractivity (Wildman–Crippen MR) is 146 cm³/mol. The van der Waals surface area contributed by atoms with Gasteiger partial charge in [0.15, 0.2) is 0 Å². The van der Waals surface area contributed by atoms with Gasteiger partial charge in [-0.25, -0.2) is 9.48 Å². The van der Waals surface area contributed by atoms with Gasteiger partial charge < -0.3 is 19.1 Å². The van der Waals surface area contributed by atoms with Crippen LogP contribution in [-0.4, -0.2) is 44.1 Å². The van der Waals surface area contributed by atoms with Gasteiger partial charge in [-0.1, -0.05) is 50.0 Å². The van der Waals surface area contributed by atoms with Crippen molar-refractivity contribution in [2.45, 2.75) is 51.2 Å². The summed E-state index contributed by atoms with van der Waals surface area (Å²) in [6.07, 6.45) is -3.85. The standard InChI is InChI=1S/C28H32F3N3O5Si/c1-37-27(36)19-9-7-10-21(14-19)39-17-24-22-11-6-5-8-20(22)16-33(24)23-15-32-34(18-38-12-13-40(2,3)4)26(35)25(23)28(29,30)31/h5-11,14-15,24H,12-13,16-18H2,1-4H3. The Balaban J connectivity index is 1.64. The number of ether oxygens (including phenoxy) is 3. The molecule has 1 aliphatic heterocycles. The molecule has 0 radical (unpaired) electrons. The van der Waals surface area contributed by atoms with Crippen LogP contribution >= 0.6 is 0 Å². The Bertz CT molecular complexity index is 1420. The summed E-state index contributed by atoms with van der Waals surface area (Å²) in [6.45, 7) is 6.53. The van der Waals surface area contributed by atoms with Gasteiger partial charge in [0.2, 0.25) is 0 Å². The Kier molecular flexibility index (Phi) is 8.69. The zero-order chi connectivity index (χ0) is 29.1. The van der Waals surface area contributed by atoms with Crippen LogP contribution in [0.1, 0.15) is 33.1 Å². The Morgan fingerprint density at radius 2 is 1.88 bits per heavy atom. The van der Waals surface area contributed by atoms with Gasteiger partial charge in [0.05, 0.1) is 30.6 Å². The largest absolute Gasteiger partial charge is 0.491 e. The average Bonchev–Trinajstić information content (AvgIpc) is 3.27. The van der Waals surface area contributed by atoms with Crippen LogP contribution in [-0.2, 0) is 28.9 Å². The van der Waals surface area contributed by atoms with Crippen molar-refractivity contribution < 1.29 is 32.2 Å². The molecule has 0 spiro atoms. The van der Waals surface area contributed by atoms with E-state index in [4.69, 9.17) is 14.2 Å². The van der Waals surface area contributed by atoms with E-state index >= 15 is 0 Å². The number of nitrogens with zero attached hydrogens (tertiary/aromatic N) is 3. The van der Waals surface area contributed by atoms with Crippen LogP contribution in [0.15, 0.2) is 59.5 Å². The number of fused-ring (bicyclic) bond motifs is 1. The minimum Gasteiger partial charge on any atom is -0.491 e. The number of halogens is 3. The molecule has 3 aromatic rings. The van der Waals surface area contributed by atoms with Gasteiger partial charge >= 0.3 is 12.1 Å². The van der Waals surface area contributed by atoms with Gasteiger partial charge in [0.1, 0.15) is 24.7 Å². The first kappa shape index (κ1) is 29.3. The van der Waals surface area contributed by atoms with Crippen molar-refractivity contribution in [3.8, 4) is 5.75 Å². The molecule has 0 fully saturated rings. The summed E-state index contributed by atoms with van der Waals surface area (Å²) in [7, 11) is -0.146. The summed E-state index contributed by atoms with van der Waals surface area (Å²) in [6, 6.07) is 13.8. The third-order valence-electron chi connectivity index (χ3n) is 6.62. The first-order chi connectivity index (χ1) is 18.9. The SMILES string of the molecule is COC(=O)c1cccc(OCC2c3ccccc3CN2c2cnn(COCC[Si](C)(C)C)c(=O)c2C(F)(F)F)c1. The van der Waals surface area contributed by atoms with E-state index in [9.17, 15) is 22.8 Å². The van der Waals surface area contributed by atoms with Crippen molar-refractivity contribution in [2.24, 2.45) is 0 Å². The molecule has 4 rings (SSSR count). The Hall–Kier alpha value is -3.64. The van der Waals surface area contributed by atoms with Crippen molar-refractivity contribution in [1.82, 2.24) is 9.78 Å². The van der Waals surface area contributed by atoms with E-state index in [1.165, 1.54) is 18.1 Å². The smallest absolute Gasteiger partial charge is 0.423 e. The lowest BCUT2D eigenvalue weighted by molar-refractivity contribution is -0.138. The molecule has 12 heteroatoms. The second kappa shape index (κ2) is 11.8. The summed E-state index contributed by atoms with van der Waals surface area (Å²) >= 11 is 0. The molecule has 0 bridgehead atoms. The van der Waals surface area contributed by atoms with E-state index in [1.54, 1.807) is 30.3 Å². The lowest BCUT2D eigenvalue weighted by Gasteiger charge is -2.29. The number of hydrogen-bond acceptors (Lipinski definition) is 7. The van der Waals surface area contributed by atoms with Crippen molar-refractivity contribution in [3.05, 3.63) is 87.3 Å². The number of carbonyl (C=O) groups excluding carboxylic acids is 1. The van der Waals surface area contributed by atoms with E-state index < -0.39 is 37.4 Å². The fourth-order valence-corrected chi connectivity index (χ4v) is 5.25. The molecule has 1 aliphatic rings. The molecule has 0 amide bonds. The maximum atomic E-state index is 14.4. The van der Waals surface area contributed by atoms with Crippen molar-refractivity contribution in [1.29, 1.82) is 0 Å².